The molecule has 104 valence electrons. The van der Waals surface area contributed by atoms with Crippen molar-refractivity contribution in [2.45, 2.75) is 70.5 Å². The first kappa shape index (κ1) is 12.9. The summed E-state index contributed by atoms with van der Waals surface area (Å²) in [6.45, 7) is 4.58. The monoisotopic (exact) mass is 252 g/mol. The van der Waals surface area contributed by atoms with Gasteiger partial charge in [-0.25, -0.2) is 0 Å². The zero-order valence-electron chi connectivity index (χ0n) is 11.8. The molecular formula is C16H28O2. The van der Waals surface area contributed by atoms with Crippen LogP contribution in [0.5, 0.6) is 0 Å². The maximum Gasteiger partial charge on any atom is 0.0679 e. The van der Waals surface area contributed by atoms with Gasteiger partial charge in [-0.05, 0) is 61.7 Å². The summed E-state index contributed by atoms with van der Waals surface area (Å²) in [4.78, 5) is 0. The van der Waals surface area contributed by atoms with Gasteiger partial charge in [0, 0.05) is 0 Å². The van der Waals surface area contributed by atoms with E-state index in [1.165, 1.54) is 12.8 Å². The van der Waals surface area contributed by atoms with Gasteiger partial charge in [0.25, 0.3) is 0 Å². The molecular weight excluding hydrogens is 224 g/mol. The number of hydrogen-bond acceptors (Lipinski definition) is 2. The fourth-order valence-electron chi connectivity index (χ4n) is 5.24. The molecule has 2 heteroatoms. The molecule has 2 nitrogen and oxygen atoms in total. The molecule has 18 heavy (non-hydrogen) atoms. The van der Waals surface area contributed by atoms with Gasteiger partial charge >= 0.3 is 0 Å². The summed E-state index contributed by atoms with van der Waals surface area (Å²) >= 11 is 0. The molecule has 0 aromatic carbocycles. The van der Waals surface area contributed by atoms with Crippen molar-refractivity contribution in [3.63, 3.8) is 0 Å². The van der Waals surface area contributed by atoms with Crippen molar-refractivity contribution in [1.82, 2.24) is 0 Å². The molecule has 0 heterocycles. The van der Waals surface area contributed by atoms with E-state index in [-0.39, 0.29) is 6.10 Å². The van der Waals surface area contributed by atoms with E-state index in [2.05, 4.69) is 13.8 Å². The predicted molar refractivity (Wildman–Crippen MR) is 72.1 cm³/mol. The first-order valence-corrected chi connectivity index (χ1v) is 7.92. The normalized spacial score (nSPS) is 56.7. The van der Waals surface area contributed by atoms with Crippen molar-refractivity contribution in [2.24, 2.45) is 29.6 Å². The SMILES string of the molecule is C[C@H]1[C@@H]2CC[C@@H](C)[C@@H]2C[C@]2(O)CCC[C@H]2C[C@H]1O. The van der Waals surface area contributed by atoms with Crippen LogP contribution < -0.4 is 0 Å². The quantitative estimate of drug-likeness (QED) is 0.696. The van der Waals surface area contributed by atoms with E-state index in [1.54, 1.807) is 0 Å². The Morgan fingerprint density at radius 1 is 1.06 bits per heavy atom. The lowest BCUT2D eigenvalue weighted by molar-refractivity contribution is -0.0773. The molecule has 0 aromatic heterocycles. The van der Waals surface area contributed by atoms with Gasteiger partial charge < -0.3 is 10.2 Å². The maximum atomic E-state index is 11.0. The lowest BCUT2D eigenvalue weighted by Crippen LogP contribution is -2.44. The van der Waals surface area contributed by atoms with E-state index >= 15 is 0 Å². The molecule has 3 rings (SSSR count). The molecule has 0 aromatic rings. The highest BCUT2D eigenvalue weighted by Gasteiger charge is 2.50. The topological polar surface area (TPSA) is 40.5 Å². The van der Waals surface area contributed by atoms with Crippen molar-refractivity contribution < 1.29 is 10.2 Å². The third-order valence-electron chi connectivity index (χ3n) is 6.56. The van der Waals surface area contributed by atoms with Crippen molar-refractivity contribution >= 4 is 0 Å². The van der Waals surface area contributed by atoms with Gasteiger partial charge in [-0.2, -0.15) is 0 Å². The molecule has 0 amide bonds. The second-order valence-electron chi connectivity index (χ2n) is 7.44. The van der Waals surface area contributed by atoms with Crippen LogP contribution in [0.4, 0.5) is 0 Å². The Hall–Kier alpha value is -0.0800. The third kappa shape index (κ3) is 1.92. The lowest BCUT2D eigenvalue weighted by atomic mass is 9.67. The van der Waals surface area contributed by atoms with E-state index in [0.29, 0.717) is 23.7 Å². The van der Waals surface area contributed by atoms with Crippen LogP contribution in [0.2, 0.25) is 0 Å². The van der Waals surface area contributed by atoms with Gasteiger partial charge in [0.2, 0.25) is 0 Å². The lowest BCUT2D eigenvalue weighted by Gasteiger charge is -2.42. The number of hydrogen-bond donors (Lipinski definition) is 2. The molecule has 3 aliphatic carbocycles. The van der Waals surface area contributed by atoms with Crippen LogP contribution in [0, 0.1) is 29.6 Å². The summed E-state index contributed by atoms with van der Waals surface area (Å²) in [5.74, 6) is 2.78. The van der Waals surface area contributed by atoms with Gasteiger partial charge in [0.05, 0.1) is 11.7 Å². The zero-order chi connectivity index (χ0) is 12.9. The van der Waals surface area contributed by atoms with Gasteiger partial charge in [0.15, 0.2) is 0 Å². The molecule has 0 radical (unpaired) electrons. The van der Waals surface area contributed by atoms with E-state index in [9.17, 15) is 10.2 Å². The Balaban J connectivity index is 1.89. The third-order valence-corrected chi connectivity index (χ3v) is 6.56. The Labute approximate surface area is 111 Å². The summed E-state index contributed by atoms with van der Waals surface area (Å²) in [6, 6.07) is 0. The largest absolute Gasteiger partial charge is 0.393 e. The van der Waals surface area contributed by atoms with Crippen LogP contribution in [-0.2, 0) is 0 Å². The fourth-order valence-corrected chi connectivity index (χ4v) is 5.24. The maximum absolute atomic E-state index is 11.0. The number of fused-ring (bicyclic) bond motifs is 2. The van der Waals surface area contributed by atoms with Gasteiger partial charge in [-0.1, -0.05) is 26.7 Å². The average molecular weight is 252 g/mol. The first-order valence-electron chi connectivity index (χ1n) is 7.92. The van der Waals surface area contributed by atoms with Crippen LogP contribution in [-0.4, -0.2) is 21.9 Å². The zero-order valence-corrected chi connectivity index (χ0v) is 11.8. The second-order valence-corrected chi connectivity index (χ2v) is 7.44. The van der Waals surface area contributed by atoms with E-state index in [4.69, 9.17) is 0 Å². The summed E-state index contributed by atoms with van der Waals surface area (Å²) in [6.07, 6.45) is 7.40. The minimum atomic E-state index is -0.456. The van der Waals surface area contributed by atoms with Crippen molar-refractivity contribution in [2.75, 3.05) is 0 Å². The highest BCUT2D eigenvalue weighted by atomic mass is 16.3. The molecule has 0 saturated heterocycles. The molecule has 7 atom stereocenters. The van der Waals surface area contributed by atoms with E-state index in [1.807, 2.05) is 0 Å². The molecule has 3 fully saturated rings. The van der Waals surface area contributed by atoms with Crippen LogP contribution in [0.1, 0.15) is 58.8 Å². The molecule has 0 aliphatic heterocycles. The highest BCUT2D eigenvalue weighted by Crippen LogP contribution is 2.53. The van der Waals surface area contributed by atoms with E-state index in [0.717, 1.165) is 38.0 Å². The van der Waals surface area contributed by atoms with Crippen LogP contribution >= 0.6 is 0 Å². The fraction of sp³-hybridized carbons (Fsp3) is 1.00. The van der Waals surface area contributed by atoms with Crippen molar-refractivity contribution in [3.8, 4) is 0 Å². The molecule has 3 aliphatic rings. The molecule has 0 spiro atoms. The molecule has 3 saturated carbocycles. The minimum absolute atomic E-state index is 0.197. The summed E-state index contributed by atoms with van der Waals surface area (Å²) in [5.41, 5.74) is -0.456. The van der Waals surface area contributed by atoms with Gasteiger partial charge in [0.1, 0.15) is 0 Å². The Kier molecular flexibility index (Phi) is 3.22. The van der Waals surface area contributed by atoms with Crippen molar-refractivity contribution in [3.05, 3.63) is 0 Å². The summed E-state index contributed by atoms with van der Waals surface area (Å²) in [7, 11) is 0. The van der Waals surface area contributed by atoms with Crippen LogP contribution in [0.15, 0.2) is 0 Å². The predicted octanol–water partition coefficient (Wildman–Crippen LogP) is 2.97. The summed E-state index contributed by atoms with van der Waals surface area (Å²) in [5, 5.41) is 21.4. The molecule has 0 bridgehead atoms. The van der Waals surface area contributed by atoms with Crippen LogP contribution in [0.25, 0.3) is 0 Å². The Morgan fingerprint density at radius 3 is 2.61 bits per heavy atom. The average Bonchev–Trinajstić information content (AvgIpc) is 2.84. The molecule has 0 unspecified atom stereocenters. The van der Waals surface area contributed by atoms with Crippen molar-refractivity contribution in [1.29, 1.82) is 0 Å². The van der Waals surface area contributed by atoms with Gasteiger partial charge in [-0.3, -0.25) is 0 Å². The van der Waals surface area contributed by atoms with Gasteiger partial charge in [-0.15, -0.1) is 0 Å². The number of aliphatic hydroxyl groups excluding tert-OH is 1. The Bertz CT molecular complexity index is 316. The highest BCUT2D eigenvalue weighted by molar-refractivity contribution is 5.01. The van der Waals surface area contributed by atoms with Crippen LogP contribution in [0.3, 0.4) is 0 Å². The first-order chi connectivity index (χ1) is 8.51. The minimum Gasteiger partial charge on any atom is -0.393 e. The summed E-state index contributed by atoms with van der Waals surface area (Å²) < 4.78 is 0. The number of rotatable bonds is 0. The number of aliphatic hydroxyl groups is 2. The smallest absolute Gasteiger partial charge is 0.0679 e. The molecule has 2 N–H and O–H groups in total. The standard InChI is InChI=1S/C16H28O2/c1-10-5-6-13-11(2)15(17)8-12-4-3-7-16(12,18)9-14(10)13/h10-15,17-18H,3-9H2,1-2H3/t10-,11+,12+,13+,14+,15-,16-/m1/s1. The Morgan fingerprint density at radius 2 is 1.83 bits per heavy atom. The van der Waals surface area contributed by atoms with E-state index < -0.39 is 5.60 Å². The second kappa shape index (κ2) is 4.49.